The maximum Gasteiger partial charge on any atom is 0.226 e. The first-order chi connectivity index (χ1) is 17.4. The quantitative estimate of drug-likeness (QED) is 0.294. The Morgan fingerprint density at radius 3 is 2.75 bits per heavy atom. The number of carbonyl (C=O) groups is 1. The number of halogens is 1. The maximum atomic E-state index is 12.2. The van der Waals surface area contributed by atoms with Crippen molar-refractivity contribution in [2.24, 2.45) is 5.92 Å². The molecular weight excluding hydrogens is 494 g/mol. The summed E-state index contributed by atoms with van der Waals surface area (Å²) < 4.78 is 7.76. The average Bonchev–Trinajstić information content (AvgIpc) is 3.61. The summed E-state index contributed by atoms with van der Waals surface area (Å²) in [5.41, 5.74) is 3.30. The van der Waals surface area contributed by atoms with E-state index in [2.05, 4.69) is 31.2 Å². The molecule has 36 heavy (non-hydrogen) atoms. The van der Waals surface area contributed by atoms with Crippen molar-refractivity contribution in [3.63, 3.8) is 0 Å². The van der Waals surface area contributed by atoms with Crippen LogP contribution in [0, 0.1) is 5.92 Å². The lowest BCUT2D eigenvalue weighted by atomic mass is 10.0. The van der Waals surface area contributed by atoms with Crippen molar-refractivity contribution in [1.29, 1.82) is 0 Å². The second-order valence-corrected chi connectivity index (χ2v) is 9.74. The first-order valence-corrected chi connectivity index (χ1v) is 12.5. The summed E-state index contributed by atoms with van der Waals surface area (Å²) in [4.78, 5) is 18.9. The zero-order chi connectivity index (χ0) is 25.2. The van der Waals surface area contributed by atoms with Crippen LogP contribution < -0.4 is 15.5 Å². The highest BCUT2D eigenvalue weighted by molar-refractivity contribution is 7.80. The van der Waals surface area contributed by atoms with Crippen molar-refractivity contribution in [2.75, 3.05) is 10.2 Å². The average molecular weight is 520 g/mol. The molecule has 4 heterocycles. The van der Waals surface area contributed by atoms with Gasteiger partial charge in [0.25, 0.3) is 0 Å². The Labute approximate surface area is 220 Å². The van der Waals surface area contributed by atoms with Crippen LogP contribution in [0.15, 0.2) is 83.7 Å². The molecule has 0 aliphatic carbocycles. The van der Waals surface area contributed by atoms with Gasteiger partial charge in [-0.15, -0.1) is 0 Å². The van der Waals surface area contributed by atoms with E-state index in [1.165, 1.54) is 0 Å². The van der Waals surface area contributed by atoms with Crippen LogP contribution >= 0.6 is 23.8 Å². The molecule has 3 aromatic heterocycles. The topological polar surface area (TPSA) is 75.3 Å². The molecule has 1 fully saturated rings. The Balaban J connectivity index is 1.55. The van der Waals surface area contributed by atoms with Crippen molar-refractivity contribution >= 4 is 46.2 Å². The second-order valence-electron chi connectivity index (χ2n) is 8.95. The fourth-order valence-electron chi connectivity index (χ4n) is 4.38. The number of nitrogens with zero attached hydrogens (tertiary/aromatic N) is 3. The van der Waals surface area contributed by atoms with Gasteiger partial charge >= 0.3 is 0 Å². The zero-order valence-electron chi connectivity index (χ0n) is 19.9. The molecule has 0 radical (unpaired) electrons. The van der Waals surface area contributed by atoms with Gasteiger partial charge in [-0.2, -0.15) is 0 Å². The van der Waals surface area contributed by atoms with Crippen LogP contribution in [0.3, 0.4) is 0 Å². The fraction of sp³-hybridized carbons (Fsp3) is 0.222. The van der Waals surface area contributed by atoms with Gasteiger partial charge in [0, 0.05) is 29.7 Å². The third kappa shape index (κ3) is 4.74. The minimum Gasteiger partial charge on any atom is -0.467 e. The molecule has 1 amide bonds. The molecule has 2 N–H and O–H groups in total. The largest absolute Gasteiger partial charge is 0.467 e. The Hall–Kier alpha value is -3.62. The van der Waals surface area contributed by atoms with Gasteiger partial charge in [-0.25, -0.2) is 0 Å². The van der Waals surface area contributed by atoms with Gasteiger partial charge in [0.1, 0.15) is 11.8 Å². The monoisotopic (exact) mass is 519 g/mol. The van der Waals surface area contributed by atoms with Gasteiger partial charge in [-0.3, -0.25) is 9.78 Å². The third-order valence-electron chi connectivity index (χ3n) is 6.19. The predicted molar refractivity (Wildman–Crippen MR) is 145 cm³/mol. The molecule has 1 saturated heterocycles. The van der Waals surface area contributed by atoms with Crippen molar-refractivity contribution in [1.82, 2.24) is 14.9 Å². The van der Waals surface area contributed by atoms with Crippen LogP contribution in [0.2, 0.25) is 5.02 Å². The number of amides is 1. The van der Waals surface area contributed by atoms with Crippen molar-refractivity contribution in [3.05, 3.63) is 101 Å². The van der Waals surface area contributed by atoms with Gasteiger partial charge < -0.3 is 24.5 Å². The SMILES string of the molecule is CC(C)C(=O)Nc1ccc(N2C(=S)N[C@@H](c3ccccn3)[C@@H]2c2cccn2Cc2ccco2)cc1Cl. The van der Waals surface area contributed by atoms with E-state index in [1.54, 1.807) is 12.5 Å². The molecule has 5 rings (SSSR count). The molecule has 1 aromatic carbocycles. The molecule has 7 nitrogen and oxygen atoms in total. The molecule has 0 unspecified atom stereocenters. The number of benzene rings is 1. The Morgan fingerprint density at radius 2 is 2.06 bits per heavy atom. The number of carbonyl (C=O) groups excluding carboxylic acids is 1. The molecule has 2 atom stereocenters. The number of hydrogen-bond donors (Lipinski definition) is 2. The summed E-state index contributed by atoms with van der Waals surface area (Å²) >= 11 is 12.5. The molecule has 184 valence electrons. The van der Waals surface area contributed by atoms with Crippen LogP contribution in [-0.2, 0) is 11.3 Å². The van der Waals surface area contributed by atoms with E-state index in [1.807, 2.05) is 74.6 Å². The molecule has 1 aliphatic rings. The van der Waals surface area contributed by atoms with Crippen LogP contribution in [0.4, 0.5) is 11.4 Å². The molecule has 0 saturated carbocycles. The van der Waals surface area contributed by atoms with E-state index in [-0.39, 0.29) is 23.9 Å². The van der Waals surface area contributed by atoms with Gasteiger partial charge in [0.2, 0.25) is 5.91 Å². The Morgan fingerprint density at radius 1 is 1.19 bits per heavy atom. The Bertz CT molecular complexity index is 1370. The van der Waals surface area contributed by atoms with E-state index in [4.69, 9.17) is 28.2 Å². The molecular formula is C27H26ClN5O2S. The lowest BCUT2D eigenvalue weighted by Gasteiger charge is -2.29. The first kappa shape index (κ1) is 24.1. The summed E-state index contributed by atoms with van der Waals surface area (Å²) in [6.45, 7) is 4.26. The minimum absolute atomic E-state index is 0.0909. The van der Waals surface area contributed by atoms with Crippen LogP contribution in [0.5, 0.6) is 0 Å². The zero-order valence-corrected chi connectivity index (χ0v) is 21.5. The van der Waals surface area contributed by atoms with Crippen LogP contribution in [0.25, 0.3) is 0 Å². The smallest absolute Gasteiger partial charge is 0.226 e. The molecule has 1 aliphatic heterocycles. The number of rotatable bonds is 7. The highest BCUT2D eigenvalue weighted by Crippen LogP contribution is 2.43. The molecule has 0 bridgehead atoms. The number of aromatic nitrogens is 2. The summed E-state index contributed by atoms with van der Waals surface area (Å²) in [6.07, 6.45) is 5.49. The highest BCUT2D eigenvalue weighted by atomic mass is 35.5. The maximum absolute atomic E-state index is 12.2. The molecule has 0 spiro atoms. The van der Waals surface area contributed by atoms with Crippen LogP contribution in [-0.4, -0.2) is 20.6 Å². The van der Waals surface area contributed by atoms with E-state index in [0.717, 1.165) is 22.8 Å². The van der Waals surface area contributed by atoms with Crippen molar-refractivity contribution in [2.45, 2.75) is 32.5 Å². The van der Waals surface area contributed by atoms with Gasteiger partial charge in [0.15, 0.2) is 5.11 Å². The van der Waals surface area contributed by atoms with E-state index < -0.39 is 0 Å². The number of anilines is 2. The number of furan rings is 1. The standard InChI is InChI=1S/C27H26ClN5O2S/c1-17(2)26(34)30-21-11-10-18(15-20(21)28)33-25(24(31-27(33)36)22-8-3-4-12-29-22)23-9-5-13-32(23)16-19-7-6-14-35-19/h3-15,17,24-25H,16H2,1-2H3,(H,30,34)(H,31,36)/t24-,25-/m0/s1. The molecule has 4 aromatic rings. The normalized spacial score (nSPS) is 17.4. The number of nitrogens with one attached hydrogen (secondary N) is 2. The predicted octanol–water partition coefficient (Wildman–Crippen LogP) is 5.95. The van der Waals surface area contributed by atoms with E-state index >= 15 is 0 Å². The lowest BCUT2D eigenvalue weighted by molar-refractivity contribution is -0.118. The summed E-state index contributed by atoms with van der Waals surface area (Å²) in [5.74, 6) is 0.614. The molecule has 9 heteroatoms. The highest BCUT2D eigenvalue weighted by Gasteiger charge is 2.42. The van der Waals surface area contributed by atoms with Gasteiger partial charge in [0.05, 0.1) is 35.3 Å². The van der Waals surface area contributed by atoms with E-state index in [9.17, 15) is 4.79 Å². The number of thiocarbonyl (C=S) groups is 1. The number of pyridine rings is 1. The number of hydrogen-bond acceptors (Lipinski definition) is 4. The lowest BCUT2D eigenvalue weighted by Crippen LogP contribution is -2.30. The van der Waals surface area contributed by atoms with E-state index in [0.29, 0.717) is 22.4 Å². The van der Waals surface area contributed by atoms with Crippen LogP contribution in [0.1, 0.15) is 43.1 Å². The summed E-state index contributed by atoms with van der Waals surface area (Å²) in [6, 6.07) is 19.0. The first-order valence-electron chi connectivity index (χ1n) is 11.7. The van der Waals surface area contributed by atoms with Gasteiger partial charge in [-0.1, -0.05) is 31.5 Å². The summed E-state index contributed by atoms with van der Waals surface area (Å²) in [5, 5.41) is 7.36. The fourth-order valence-corrected chi connectivity index (χ4v) is 4.94. The summed E-state index contributed by atoms with van der Waals surface area (Å²) in [7, 11) is 0. The Kier molecular flexibility index (Phi) is 6.80. The second kappa shape index (κ2) is 10.2. The van der Waals surface area contributed by atoms with Crippen molar-refractivity contribution in [3.8, 4) is 0 Å². The third-order valence-corrected chi connectivity index (χ3v) is 6.81. The van der Waals surface area contributed by atoms with Crippen molar-refractivity contribution < 1.29 is 9.21 Å². The van der Waals surface area contributed by atoms with Gasteiger partial charge in [-0.05, 0) is 66.8 Å². The minimum atomic E-state index is -0.204.